The summed E-state index contributed by atoms with van der Waals surface area (Å²) in [6, 6.07) is 0. The zero-order valence-electron chi connectivity index (χ0n) is 10.1. The van der Waals surface area contributed by atoms with Gasteiger partial charge in [0.1, 0.15) is 8.13 Å². The summed E-state index contributed by atoms with van der Waals surface area (Å²) >= 11 is 9.95. The summed E-state index contributed by atoms with van der Waals surface area (Å²) in [5, 5.41) is -0.0533. The van der Waals surface area contributed by atoms with E-state index in [-0.39, 0.29) is 11.0 Å². The zero-order valence-corrected chi connectivity index (χ0v) is 14.1. The SMILES string of the molecule is CCN(CC)C(=S)S[C@H]1CS(=O)(=O)C(Br)=C1C. The van der Waals surface area contributed by atoms with Crippen LogP contribution in [-0.2, 0) is 9.84 Å². The molecule has 0 amide bonds. The van der Waals surface area contributed by atoms with Crippen molar-refractivity contribution in [3.63, 3.8) is 0 Å². The van der Waals surface area contributed by atoms with Crippen LogP contribution in [-0.4, -0.2) is 41.7 Å². The minimum Gasteiger partial charge on any atom is -0.358 e. The standard InChI is InChI=1S/C10H16BrNO2S3/c1-4-12(5-2)10(15)16-8-6-17(13,14)9(11)7(8)3/h8H,4-6H2,1-3H3/t8-/m0/s1. The lowest BCUT2D eigenvalue weighted by Gasteiger charge is -2.23. The molecule has 0 fully saturated rings. The van der Waals surface area contributed by atoms with Gasteiger partial charge in [0, 0.05) is 18.3 Å². The van der Waals surface area contributed by atoms with Crippen molar-refractivity contribution in [2.45, 2.75) is 26.0 Å². The maximum Gasteiger partial charge on any atom is 0.186 e. The average Bonchev–Trinajstić information content (AvgIpc) is 2.44. The highest BCUT2D eigenvalue weighted by molar-refractivity contribution is 9.13. The molecule has 3 nitrogen and oxygen atoms in total. The maximum atomic E-state index is 11.7. The molecule has 0 aliphatic carbocycles. The first-order chi connectivity index (χ1) is 7.83. The second kappa shape index (κ2) is 6.04. The number of halogens is 1. The zero-order chi connectivity index (χ0) is 13.2. The molecule has 0 radical (unpaired) electrons. The molecule has 1 atom stereocenters. The first-order valence-corrected chi connectivity index (χ1v) is 9.11. The second-order valence-electron chi connectivity index (χ2n) is 3.78. The Morgan fingerprint density at radius 3 is 2.41 bits per heavy atom. The number of hydrogen-bond donors (Lipinski definition) is 0. The summed E-state index contributed by atoms with van der Waals surface area (Å²) in [7, 11) is -3.11. The number of nitrogens with zero attached hydrogens (tertiary/aromatic N) is 1. The first-order valence-electron chi connectivity index (χ1n) is 5.38. The van der Waals surface area contributed by atoms with Crippen molar-refractivity contribution in [3.05, 3.63) is 9.39 Å². The van der Waals surface area contributed by atoms with Crippen molar-refractivity contribution in [2.24, 2.45) is 0 Å². The predicted molar refractivity (Wildman–Crippen MR) is 82.3 cm³/mol. The number of sulfone groups is 1. The van der Waals surface area contributed by atoms with E-state index in [1.807, 2.05) is 20.8 Å². The molecule has 1 aliphatic rings. The van der Waals surface area contributed by atoms with E-state index in [0.717, 1.165) is 23.0 Å². The van der Waals surface area contributed by atoms with Gasteiger partial charge >= 0.3 is 0 Å². The fourth-order valence-electron chi connectivity index (χ4n) is 1.57. The molecule has 0 saturated heterocycles. The van der Waals surface area contributed by atoms with Crippen LogP contribution in [0, 0.1) is 0 Å². The Hall–Kier alpha value is 0.410. The highest BCUT2D eigenvalue weighted by atomic mass is 79.9. The first kappa shape index (κ1) is 15.5. The fraction of sp³-hybridized carbons (Fsp3) is 0.700. The summed E-state index contributed by atoms with van der Waals surface area (Å²) in [6.07, 6.45) is 0. The van der Waals surface area contributed by atoms with Crippen LogP contribution in [0.25, 0.3) is 0 Å². The number of thiocarbonyl (C=S) groups is 1. The van der Waals surface area contributed by atoms with Gasteiger partial charge in [0.05, 0.1) is 5.75 Å². The van der Waals surface area contributed by atoms with E-state index in [2.05, 4.69) is 20.8 Å². The van der Waals surface area contributed by atoms with E-state index < -0.39 is 9.84 Å². The van der Waals surface area contributed by atoms with Gasteiger partial charge in [-0.15, -0.1) is 0 Å². The third-order valence-corrected chi connectivity index (χ3v) is 8.47. The van der Waals surface area contributed by atoms with Gasteiger partial charge in [-0.2, -0.15) is 0 Å². The Bertz CT molecular complexity index is 440. The highest BCUT2D eigenvalue weighted by Gasteiger charge is 2.35. The molecule has 0 bridgehead atoms. The van der Waals surface area contributed by atoms with Crippen LogP contribution >= 0.6 is 39.9 Å². The molecule has 0 spiro atoms. The smallest absolute Gasteiger partial charge is 0.186 e. The third-order valence-electron chi connectivity index (χ3n) is 2.70. The quantitative estimate of drug-likeness (QED) is 0.726. The molecule has 1 rings (SSSR count). The molecular formula is C10H16BrNO2S3. The molecule has 1 aliphatic heterocycles. The predicted octanol–water partition coefficient (Wildman–Crippen LogP) is 2.77. The maximum absolute atomic E-state index is 11.7. The molecule has 0 aromatic heterocycles. The second-order valence-corrected chi connectivity index (χ2v) is 8.91. The summed E-state index contributed by atoms with van der Waals surface area (Å²) in [6.45, 7) is 7.63. The molecule has 0 aromatic carbocycles. The van der Waals surface area contributed by atoms with Crippen LogP contribution in [0.2, 0.25) is 0 Å². The van der Waals surface area contributed by atoms with E-state index in [1.54, 1.807) is 0 Å². The van der Waals surface area contributed by atoms with Crippen LogP contribution in [0.5, 0.6) is 0 Å². The molecule has 0 aromatic rings. The molecule has 0 unspecified atom stereocenters. The van der Waals surface area contributed by atoms with Crippen molar-refractivity contribution in [3.8, 4) is 0 Å². The topological polar surface area (TPSA) is 37.4 Å². The fourth-order valence-corrected chi connectivity index (χ4v) is 6.26. The van der Waals surface area contributed by atoms with Crippen LogP contribution in [0.4, 0.5) is 0 Å². The van der Waals surface area contributed by atoms with Crippen molar-refractivity contribution in [1.82, 2.24) is 4.90 Å². The monoisotopic (exact) mass is 357 g/mol. The molecule has 98 valence electrons. The molecule has 1 heterocycles. The van der Waals surface area contributed by atoms with E-state index in [0.29, 0.717) is 3.81 Å². The minimum absolute atomic E-state index is 0.0533. The van der Waals surface area contributed by atoms with Gasteiger partial charge < -0.3 is 4.90 Å². The number of rotatable bonds is 3. The lowest BCUT2D eigenvalue weighted by molar-refractivity contribution is 0.482. The van der Waals surface area contributed by atoms with Crippen LogP contribution < -0.4 is 0 Å². The van der Waals surface area contributed by atoms with Gasteiger partial charge in [-0.05, 0) is 42.3 Å². The lowest BCUT2D eigenvalue weighted by atomic mass is 10.3. The normalized spacial score (nSPS) is 22.9. The average molecular weight is 358 g/mol. The Balaban J connectivity index is 2.77. The third kappa shape index (κ3) is 3.45. The number of hydrogen-bond acceptors (Lipinski definition) is 4. The van der Waals surface area contributed by atoms with Crippen LogP contribution in [0.15, 0.2) is 9.39 Å². The van der Waals surface area contributed by atoms with Gasteiger partial charge in [-0.25, -0.2) is 8.42 Å². The summed E-state index contributed by atoms with van der Waals surface area (Å²) in [4.78, 5) is 2.06. The molecule has 0 saturated carbocycles. The van der Waals surface area contributed by atoms with Gasteiger partial charge in [0.2, 0.25) is 0 Å². The minimum atomic E-state index is -3.11. The van der Waals surface area contributed by atoms with E-state index in [9.17, 15) is 8.42 Å². The van der Waals surface area contributed by atoms with Crippen molar-refractivity contribution < 1.29 is 8.42 Å². The van der Waals surface area contributed by atoms with Gasteiger partial charge in [-0.1, -0.05) is 24.0 Å². The van der Waals surface area contributed by atoms with Gasteiger partial charge in [0.15, 0.2) is 9.84 Å². The summed E-state index contributed by atoms with van der Waals surface area (Å²) < 4.78 is 24.5. The summed E-state index contributed by atoms with van der Waals surface area (Å²) in [5.41, 5.74) is 0.865. The molecule has 0 N–H and O–H groups in total. The van der Waals surface area contributed by atoms with Gasteiger partial charge in [-0.3, -0.25) is 0 Å². The van der Waals surface area contributed by atoms with E-state index in [1.165, 1.54) is 11.8 Å². The molecule has 7 heteroatoms. The number of thioether (sulfide) groups is 1. The van der Waals surface area contributed by atoms with Crippen molar-refractivity contribution in [1.29, 1.82) is 0 Å². The molecular weight excluding hydrogens is 342 g/mol. The van der Waals surface area contributed by atoms with Crippen LogP contribution in [0.1, 0.15) is 20.8 Å². The van der Waals surface area contributed by atoms with Crippen molar-refractivity contribution >= 4 is 54.1 Å². The largest absolute Gasteiger partial charge is 0.358 e. The molecule has 17 heavy (non-hydrogen) atoms. The van der Waals surface area contributed by atoms with E-state index >= 15 is 0 Å². The Morgan fingerprint density at radius 2 is 2.06 bits per heavy atom. The van der Waals surface area contributed by atoms with E-state index in [4.69, 9.17) is 12.2 Å². The van der Waals surface area contributed by atoms with Crippen LogP contribution in [0.3, 0.4) is 0 Å². The van der Waals surface area contributed by atoms with Crippen molar-refractivity contribution in [2.75, 3.05) is 18.8 Å². The Morgan fingerprint density at radius 1 is 1.53 bits per heavy atom. The summed E-state index contributed by atoms with van der Waals surface area (Å²) in [5.74, 6) is 0.144. The lowest BCUT2D eigenvalue weighted by Crippen LogP contribution is -2.28. The Labute approximate surface area is 121 Å². The Kier molecular flexibility index (Phi) is 5.49. The highest BCUT2D eigenvalue weighted by Crippen LogP contribution is 2.37. The van der Waals surface area contributed by atoms with Gasteiger partial charge in [0.25, 0.3) is 0 Å².